The van der Waals surface area contributed by atoms with Crippen LogP contribution in [0.2, 0.25) is 0 Å². The fourth-order valence-corrected chi connectivity index (χ4v) is 2.38. The normalized spacial score (nSPS) is 10.5. The summed E-state index contributed by atoms with van der Waals surface area (Å²) in [7, 11) is 7.09. The number of benzene rings is 2. The zero-order chi connectivity index (χ0) is 19.8. The van der Waals surface area contributed by atoms with E-state index in [1.54, 1.807) is 20.2 Å². The molecule has 2 rings (SSSR count). The Labute approximate surface area is 160 Å². The van der Waals surface area contributed by atoms with Gasteiger partial charge in [-0.25, -0.2) is 0 Å². The van der Waals surface area contributed by atoms with E-state index in [0.29, 0.717) is 5.69 Å². The topological polar surface area (TPSA) is 61.9 Å². The molecule has 0 unspecified atom stereocenters. The van der Waals surface area contributed by atoms with E-state index in [0.717, 1.165) is 17.0 Å². The van der Waals surface area contributed by atoms with Gasteiger partial charge in [-0.05, 0) is 48.0 Å². The maximum atomic E-state index is 12.2. The lowest BCUT2D eigenvalue weighted by atomic mass is 10.2. The minimum Gasteiger partial charge on any atom is -0.497 e. The standard InChI is InChI=1S/C21H25N3O3/c1-23(2)18-11-9-17(10-12-18)22-20(25)15-24(3)21(26)13-8-16-6-5-7-19(14-16)27-4/h5-14H,15H2,1-4H3,(H,22,25)/b13-8+. The van der Waals surface area contributed by atoms with E-state index in [4.69, 9.17) is 4.74 Å². The molecule has 0 atom stereocenters. The van der Waals surface area contributed by atoms with Gasteiger partial charge in [0.2, 0.25) is 11.8 Å². The first-order chi connectivity index (χ1) is 12.9. The van der Waals surface area contributed by atoms with Crippen molar-refractivity contribution in [3.63, 3.8) is 0 Å². The molecule has 142 valence electrons. The maximum absolute atomic E-state index is 12.2. The average Bonchev–Trinajstić information content (AvgIpc) is 2.66. The van der Waals surface area contributed by atoms with Gasteiger partial charge in [-0.2, -0.15) is 0 Å². The van der Waals surface area contributed by atoms with Gasteiger partial charge in [-0.15, -0.1) is 0 Å². The van der Waals surface area contributed by atoms with E-state index in [1.165, 1.54) is 11.0 Å². The van der Waals surface area contributed by atoms with Gasteiger partial charge >= 0.3 is 0 Å². The monoisotopic (exact) mass is 367 g/mol. The minimum atomic E-state index is -0.254. The molecule has 6 heteroatoms. The first-order valence-corrected chi connectivity index (χ1v) is 8.53. The van der Waals surface area contributed by atoms with Crippen molar-refractivity contribution in [2.24, 2.45) is 0 Å². The predicted octanol–water partition coefficient (Wildman–Crippen LogP) is 2.87. The molecule has 0 heterocycles. The predicted molar refractivity (Wildman–Crippen MR) is 109 cm³/mol. The minimum absolute atomic E-state index is 0.0310. The molecular weight excluding hydrogens is 342 g/mol. The number of nitrogens with one attached hydrogen (secondary N) is 1. The second-order valence-electron chi connectivity index (χ2n) is 6.29. The lowest BCUT2D eigenvalue weighted by molar-refractivity contribution is -0.129. The Kier molecular flexibility index (Phi) is 7.00. The molecule has 2 amide bonds. The highest BCUT2D eigenvalue weighted by Crippen LogP contribution is 2.16. The molecule has 2 aromatic carbocycles. The van der Waals surface area contributed by atoms with Gasteiger partial charge in [0.05, 0.1) is 13.7 Å². The summed E-state index contributed by atoms with van der Waals surface area (Å²) in [6.07, 6.45) is 3.13. The van der Waals surface area contributed by atoms with Crippen LogP contribution in [0.15, 0.2) is 54.6 Å². The van der Waals surface area contributed by atoms with Crippen LogP contribution in [-0.4, -0.2) is 51.5 Å². The van der Waals surface area contributed by atoms with Gasteiger partial charge < -0.3 is 19.9 Å². The second-order valence-corrected chi connectivity index (χ2v) is 6.29. The highest BCUT2D eigenvalue weighted by molar-refractivity contribution is 5.98. The Hall–Kier alpha value is -3.28. The number of amides is 2. The molecule has 27 heavy (non-hydrogen) atoms. The van der Waals surface area contributed by atoms with Crippen LogP contribution in [0.5, 0.6) is 5.75 Å². The highest BCUT2D eigenvalue weighted by atomic mass is 16.5. The number of hydrogen-bond acceptors (Lipinski definition) is 4. The number of likely N-dealkylation sites (N-methyl/N-ethyl adjacent to an activating group) is 1. The van der Waals surface area contributed by atoms with Gasteiger partial charge in [-0.3, -0.25) is 9.59 Å². The quantitative estimate of drug-likeness (QED) is 0.765. The van der Waals surface area contributed by atoms with E-state index < -0.39 is 0 Å². The molecule has 0 aliphatic heterocycles. The molecule has 2 aromatic rings. The highest BCUT2D eigenvalue weighted by Gasteiger charge is 2.11. The summed E-state index contributed by atoms with van der Waals surface area (Å²) < 4.78 is 5.15. The summed E-state index contributed by atoms with van der Waals surface area (Å²) in [5.74, 6) is 0.215. The van der Waals surface area contributed by atoms with E-state index in [9.17, 15) is 9.59 Å². The van der Waals surface area contributed by atoms with Crippen molar-refractivity contribution in [1.29, 1.82) is 0 Å². The van der Waals surface area contributed by atoms with Gasteiger partial charge in [0.15, 0.2) is 0 Å². The molecular formula is C21H25N3O3. The number of rotatable bonds is 7. The molecule has 1 N–H and O–H groups in total. The largest absolute Gasteiger partial charge is 0.497 e. The number of carbonyl (C=O) groups is 2. The number of carbonyl (C=O) groups excluding carboxylic acids is 2. The molecule has 0 bridgehead atoms. The zero-order valence-electron chi connectivity index (χ0n) is 16.1. The molecule has 0 saturated carbocycles. The molecule has 0 saturated heterocycles. The Bertz CT molecular complexity index is 814. The van der Waals surface area contributed by atoms with Crippen molar-refractivity contribution in [3.05, 3.63) is 60.2 Å². The first-order valence-electron chi connectivity index (χ1n) is 8.53. The first kappa shape index (κ1) is 20.0. The van der Waals surface area contributed by atoms with Crippen LogP contribution in [0.3, 0.4) is 0 Å². The number of ether oxygens (including phenoxy) is 1. The van der Waals surface area contributed by atoms with Crippen LogP contribution >= 0.6 is 0 Å². The third-order valence-electron chi connectivity index (χ3n) is 3.94. The molecule has 6 nitrogen and oxygen atoms in total. The van der Waals surface area contributed by atoms with Gasteiger partial charge in [0.25, 0.3) is 0 Å². The molecule has 0 radical (unpaired) electrons. The fraction of sp³-hybridized carbons (Fsp3) is 0.238. The number of anilines is 2. The van der Waals surface area contributed by atoms with Crippen LogP contribution in [0.1, 0.15) is 5.56 Å². The van der Waals surface area contributed by atoms with Gasteiger partial charge in [-0.1, -0.05) is 12.1 Å². The third kappa shape index (κ3) is 6.18. The van der Waals surface area contributed by atoms with Crippen LogP contribution in [-0.2, 0) is 9.59 Å². The summed E-state index contributed by atoms with van der Waals surface area (Å²) in [5.41, 5.74) is 2.59. The number of nitrogens with zero attached hydrogens (tertiary/aromatic N) is 2. The van der Waals surface area contributed by atoms with Crippen LogP contribution < -0.4 is 15.0 Å². The Morgan fingerprint density at radius 2 is 1.78 bits per heavy atom. The van der Waals surface area contributed by atoms with E-state index in [-0.39, 0.29) is 18.4 Å². The lowest BCUT2D eigenvalue weighted by Crippen LogP contribution is -2.33. The molecule has 0 aliphatic carbocycles. The van der Waals surface area contributed by atoms with Crippen LogP contribution in [0, 0.1) is 0 Å². The van der Waals surface area contributed by atoms with Crippen molar-refractivity contribution >= 4 is 29.3 Å². The van der Waals surface area contributed by atoms with Crippen LogP contribution in [0.25, 0.3) is 6.08 Å². The Morgan fingerprint density at radius 1 is 1.07 bits per heavy atom. The summed E-state index contributed by atoms with van der Waals surface area (Å²) >= 11 is 0. The number of hydrogen-bond donors (Lipinski definition) is 1. The van der Waals surface area contributed by atoms with Gasteiger partial charge in [0.1, 0.15) is 5.75 Å². The third-order valence-corrected chi connectivity index (χ3v) is 3.94. The number of methoxy groups -OCH3 is 1. The second kappa shape index (κ2) is 9.43. The van der Waals surface area contributed by atoms with E-state index >= 15 is 0 Å². The van der Waals surface area contributed by atoms with Gasteiger partial charge in [0, 0.05) is 38.6 Å². The fourth-order valence-electron chi connectivity index (χ4n) is 2.38. The molecule has 0 fully saturated rings. The smallest absolute Gasteiger partial charge is 0.246 e. The lowest BCUT2D eigenvalue weighted by Gasteiger charge is -2.16. The summed E-state index contributed by atoms with van der Waals surface area (Å²) in [6.45, 7) is -0.0310. The summed E-state index contributed by atoms with van der Waals surface area (Å²) in [6, 6.07) is 14.9. The summed E-state index contributed by atoms with van der Waals surface area (Å²) in [5, 5.41) is 2.79. The summed E-state index contributed by atoms with van der Waals surface area (Å²) in [4.78, 5) is 27.7. The van der Waals surface area contributed by atoms with Crippen molar-refractivity contribution in [2.75, 3.05) is 45.0 Å². The van der Waals surface area contributed by atoms with Crippen LogP contribution in [0.4, 0.5) is 11.4 Å². The van der Waals surface area contributed by atoms with Crippen molar-refractivity contribution in [2.45, 2.75) is 0 Å². The van der Waals surface area contributed by atoms with Crippen molar-refractivity contribution < 1.29 is 14.3 Å². The van der Waals surface area contributed by atoms with Crippen molar-refractivity contribution in [1.82, 2.24) is 4.90 Å². The SMILES string of the molecule is COc1cccc(/C=C/C(=O)N(C)CC(=O)Nc2ccc(N(C)C)cc2)c1. The molecule has 0 aromatic heterocycles. The van der Waals surface area contributed by atoms with E-state index in [1.807, 2.05) is 67.5 Å². The average molecular weight is 367 g/mol. The molecule has 0 spiro atoms. The van der Waals surface area contributed by atoms with E-state index in [2.05, 4.69) is 5.32 Å². The molecule has 0 aliphatic rings. The maximum Gasteiger partial charge on any atom is 0.246 e. The Morgan fingerprint density at radius 3 is 2.41 bits per heavy atom. The Balaban J connectivity index is 1.89. The van der Waals surface area contributed by atoms with Crippen molar-refractivity contribution in [3.8, 4) is 5.75 Å². The zero-order valence-corrected chi connectivity index (χ0v) is 16.1.